The van der Waals surface area contributed by atoms with Crippen LogP contribution >= 0.6 is 0 Å². The number of hydrogen-bond donors (Lipinski definition) is 1. The van der Waals surface area contributed by atoms with Crippen molar-refractivity contribution in [2.45, 2.75) is 26.3 Å². The number of anilines is 2. The minimum Gasteiger partial charge on any atom is -0.382 e. The molecular weight excluding hydrogens is 268 g/mol. The summed E-state index contributed by atoms with van der Waals surface area (Å²) < 4.78 is 0. The highest BCUT2D eigenvalue weighted by Crippen LogP contribution is 2.35. The largest absolute Gasteiger partial charge is 0.382 e. The molecule has 0 aromatic heterocycles. The summed E-state index contributed by atoms with van der Waals surface area (Å²) in [4.78, 5) is 15.6. The van der Waals surface area contributed by atoms with E-state index in [0.29, 0.717) is 11.4 Å². The second-order valence-corrected chi connectivity index (χ2v) is 6.33. The highest BCUT2D eigenvalue weighted by atomic mass is 16.6. The smallest absolute Gasteiger partial charge is 0.315 e. The van der Waals surface area contributed by atoms with Gasteiger partial charge in [0.1, 0.15) is 11.4 Å². The number of para-hydroxylation sites is 1. The average Bonchev–Trinajstić information content (AvgIpc) is 2.45. The van der Waals surface area contributed by atoms with E-state index in [1.54, 1.807) is 13.1 Å². The Kier molecular flexibility index (Phi) is 4.37. The van der Waals surface area contributed by atoms with E-state index in [0.717, 1.165) is 26.2 Å². The summed E-state index contributed by atoms with van der Waals surface area (Å²) in [5.74, 6) is 0. The molecule has 1 aliphatic rings. The third-order valence-corrected chi connectivity index (χ3v) is 4.04. The van der Waals surface area contributed by atoms with Crippen LogP contribution in [0.5, 0.6) is 0 Å². The Balaban J connectivity index is 2.23. The van der Waals surface area contributed by atoms with Crippen molar-refractivity contribution in [2.75, 3.05) is 43.4 Å². The van der Waals surface area contributed by atoms with E-state index in [-0.39, 0.29) is 16.1 Å². The molecule has 1 aliphatic heterocycles. The summed E-state index contributed by atoms with van der Waals surface area (Å²) >= 11 is 0. The van der Waals surface area contributed by atoms with Gasteiger partial charge >= 0.3 is 5.69 Å². The zero-order valence-electron chi connectivity index (χ0n) is 13.2. The van der Waals surface area contributed by atoms with E-state index in [1.165, 1.54) is 0 Å². The van der Waals surface area contributed by atoms with Gasteiger partial charge in [-0.1, -0.05) is 6.07 Å². The van der Waals surface area contributed by atoms with Gasteiger partial charge in [0.05, 0.1) is 4.92 Å². The predicted octanol–water partition coefficient (Wildman–Crippen LogP) is 2.56. The van der Waals surface area contributed by atoms with Crippen LogP contribution in [-0.2, 0) is 0 Å². The van der Waals surface area contributed by atoms with Crippen LogP contribution in [0, 0.1) is 10.1 Å². The molecule has 1 aromatic carbocycles. The lowest BCUT2D eigenvalue weighted by molar-refractivity contribution is -0.383. The lowest BCUT2D eigenvalue weighted by atomic mass is 10.0. The van der Waals surface area contributed by atoms with Crippen molar-refractivity contribution in [3.8, 4) is 0 Å². The fourth-order valence-corrected chi connectivity index (χ4v) is 2.80. The number of rotatable bonds is 3. The van der Waals surface area contributed by atoms with E-state index in [4.69, 9.17) is 0 Å². The Bertz CT molecular complexity index is 517. The van der Waals surface area contributed by atoms with Crippen molar-refractivity contribution >= 4 is 17.1 Å². The van der Waals surface area contributed by atoms with Gasteiger partial charge < -0.3 is 10.2 Å². The zero-order valence-corrected chi connectivity index (χ0v) is 13.2. The van der Waals surface area contributed by atoms with Gasteiger partial charge in [0.2, 0.25) is 0 Å². The highest BCUT2D eigenvalue weighted by molar-refractivity contribution is 5.77. The van der Waals surface area contributed by atoms with Gasteiger partial charge in [-0.15, -0.1) is 0 Å². The molecule has 0 atom stereocenters. The fraction of sp³-hybridized carbons (Fsp3) is 0.600. The van der Waals surface area contributed by atoms with Crippen molar-refractivity contribution < 1.29 is 4.92 Å². The molecule has 0 spiro atoms. The molecule has 1 aromatic rings. The molecule has 0 amide bonds. The molecule has 0 aliphatic carbocycles. The summed E-state index contributed by atoms with van der Waals surface area (Å²) in [7, 11) is 1.71. The quantitative estimate of drug-likeness (QED) is 0.685. The number of nitro groups is 1. The summed E-state index contributed by atoms with van der Waals surface area (Å²) in [6.07, 6.45) is 0. The standard InChI is InChI=1S/C15H24N4O2/c1-15(2,3)18-10-8-17(9-11-18)13-7-5-6-12(16-4)14(13)19(20)21/h5-7,16H,8-11H2,1-4H3. The molecule has 1 fully saturated rings. The minimum absolute atomic E-state index is 0.144. The third-order valence-electron chi connectivity index (χ3n) is 4.04. The maximum atomic E-state index is 11.4. The average molecular weight is 292 g/mol. The Hall–Kier alpha value is -1.82. The molecule has 0 unspecified atom stereocenters. The monoisotopic (exact) mass is 292 g/mol. The van der Waals surface area contributed by atoms with Crippen LogP contribution in [0.4, 0.5) is 17.1 Å². The molecule has 0 bridgehead atoms. The SMILES string of the molecule is CNc1cccc(N2CCN(C(C)(C)C)CC2)c1[N+](=O)[O-]. The van der Waals surface area contributed by atoms with E-state index in [1.807, 2.05) is 12.1 Å². The van der Waals surface area contributed by atoms with Gasteiger partial charge in [0.15, 0.2) is 0 Å². The van der Waals surface area contributed by atoms with Crippen LogP contribution in [0.15, 0.2) is 18.2 Å². The molecule has 1 heterocycles. The Morgan fingerprint density at radius 2 is 1.81 bits per heavy atom. The van der Waals surface area contributed by atoms with Crippen LogP contribution < -0.4 is 10.2 Å². The topological polar surface area (TPSA) is 61.6 Å². The number of nitro benzene ring substituents is 1. The summed E-state index contributed by atoms with van der Waals surface area (Å²) in [5.41, 5.74) is 1.59. The van der Waals surface area contributed by atoms with Crippen molar-refractivity contribution in [1.82, 2.24) is 4.90 Å². The van der Waals surface area contributed by atoms with Crippen LogP contribution in [0.2, 0.25) is 0 Å². The van der Waals surface area contributed by atoms with E-state index < -0.39 is 0 Å². The van der Waals surface area contributed by atoms with Crippen molar-refractivity contribution in [2.24, 2.45) is 0 Å². The van der Waals surface area contributed by atoms with Crippen molar-refractivity contribution in [3.63, 3.8) is 0 Å². The first-order valence-corrected chi connectivity index (χ1v) is 7.29. The lowest BCUT2D eigenvalue weighted by Gasteiger charge is -2.42. The molecule has 1 N–H and O–H groups in total. The molecule has 0 radical (unpaired) electrons. The van der Waals surface area contributed by atoms with Gasteiger partial charge in [0.25, 0.3) is 0 Å². The minimum atomic E-state index is -0.294. The molecule has 21 heavy (non-hydrogen) atoms. The Morgan fingerprint density at radius 3 is 2.29 bits per heavy atom. The van der Waals surface area contributed by atoms with Gasteiger partial charge in [0, 0.05) is 38.8 Å². The van der Waals surface area contributed by atoms with Crippen molar-refractivity contribution in [1.29, 1.82) is 0 Å². The van der Waals surface area contributed by atoms with E-state index in [9.17, 15) is 10.1 Å². The maximum absolute atomic E-state index is 11.4. The number of nitrogens with one attached hydrogen (secondary N) is 1. The second-order valence-electron chi connectivity index (χ2n) is 6.33. The van der Waals surface area contributed by atoms with Crippen LogP contribution in [0.3, 0.4) is 0 Å². The van der Waals surface area contributed by atoms with Gasteiger partial charge in [-0.3, -0.25) is 15.0 Å². The Morgan fingerprint density at radius 1 is 1.19 bits per heavy atom. The normalized spacial score (nSPS) is 16.9. The van der Waals surface area contributed by atoms with Crippen LogP contribution in [-0.4, -0.2) is 48.6 Å². The van der Waals surface area contributed by atoms with E-state index >= 15 is 0 Å². The molecule has 6 nitrogen and oxygen atoms in total. The fourth-order valence-electron chi connectivity index (χ4n) is 2.80. The van der Waals surface area contributed by atoms with Gasteiger partial charge in [-0.25, -0.2) is 0 Å². The maximum Gasteiger partial charge on any atom is 0.315 e. The summed E-state index contributed by atoms with van der Waals surface area (Å²) in [6, 6.07) is 5.45. The Labute approximate surface area is 125 Å². The number of hydrogen-bond acceptors (Lipinski definition) is 5. The second kappa shape index (κ2) is 5.89. The highest BCUT2D eigenvalue weighted by Gasteiger charge is 2.29. The van der Waals surface area contributed by atoms with Crippen LogP contribution in [0.25, 0.3) is 0 Å². The molecular formula is C15H24N4O2. The first-order valence-electron chi connectivity index (χ1n) is 7.29. The number of piperazine rings is 1. The van der Waals surface area contributed by atoms with Crippen molar-refractivity contribution in [3.05, 3.63) is 28.3 Å². The molecule has 0 saturated carbocycles. The first-order chi connectivity index (χ1) is 9.84. The predicted molar refractivity (Wildman–Crippen MR) is 86.2 cm³/mol. The van der Waals surface area contributed by atoms with Crippen LogP contribution in [0.1, 0.15) is 20.8 Å². The molecule has 1 saturated heterocycles. The zero-order chi connectivity index (χ0) is 15.6. The summed E-state index contributed by atoms with van der Waals surface area (Å²) in [6.45, 7) is 10.1. The molecule has 6 heteroatoms. The number of nitrogens with zero attached hydrogens (tertiary/aromatic N) is 3. The molecule has 116 valence electrons. The molecule has 2 rings (SSSR count). The van der Waals surface area contributed by atoms with Gasteiger partial charge in [-0.2, -0.15) is 0 Å². The van der Waals surface area contributed by atoms with Gasteiger partial charge in [-0.05, 0) is 32.9 Å². The first kappa shape index (κ1) is 15.6. The summed E-state index contributed by atoms with van der Waals surface area (Å²) in [5, 5.41) is 14.3. The lowest BCUT2D eigenvalue weighted by Crippen LogP contribution is -2.53. The number of benzene rings is 1. The third kappa shape index (κ3) is 3.26. The van der Waals surface area contributed by atoms with E-state index in [2.05, 4.69) is 35.9 Å².